The van der Waals surface area contributed by atoms with Gasteiger partial charge in [0.15, 0.2) is 5.78 Å². The van der Waals surface area contributed by atoms with Crippen molar-refractivity contribution in [2.45, 2.75) is 13.3 Å². The lowest BCUT2D eigenvalue weighted by Gasteiger charge is -2.06. The van der Waals surface area contributed by atoms with Crippen LogP contribution in [0.3, 0.4) is 0 Å². The number of nitrogens with zero attached hydrogens (tertiary/aromatic N) is 1. The highest BCUT2D eigenvalue weighted by molar-refractivity contribution is 6.30. The van der Waals surface area contributed by atoms with E-state index < -0.39 is 0 Å². The number of methoxy groups -OCH3 is 1. The molecule has 2 aromatic carbocycles. The van der Waals surface area contributed by atoms with Crippen molar-refractivity contribution in [3.05, 3.63) is 59.2 Å². The number of H-pyrrole nitrogens is 1. The van der Waals surface area contributed by atoms with Crippen molar-refractivity contribution >= 4 is 17.4 Å². The number of hydrogen-bond acceptors (Lipinski definition) is 4. The number of rotatable bonds is 8. The van der Waals surface area contributed by atoms with E-state index >= 15 is 0 Å². The van der Waals surface area contributed by atoms with Gasteiger partial charge < -0.3 is 14.5 Å². The number of carbonyl (C=O) groups excluding carboxylic acids is 1. The van der Waals surface area contributed by atoms with E-state index in [4.69, 9.17) is 21.1 Å². The van der Waals surface area contributed by atoms with Crippen LogP contribution in [0, 0.1) is 0 Å². The van der Waals surface area contributed by atoms with Crippen LogP contribution in [-0.2, 0) is 4.74 Å². The summed E-state index contributed by atoms with van der Waals surface area (Å²) in [6, 6.07) is 14.9. The molecule has 0 aliphatic carbocycles. The maximum absolute atomic E-state index is 12.0. The second kappa shape index (κ2) is 8.84. The number of aromatic nitrogens is 2. The number of halogens is 1. The smallest absolute Gasteiger partial charge is 0.178 e. The summed E-state index contributed by atoms with van der Waals surface area (Å²) >= 11 is 5.96. The number of benzene rings is 2. The Morgan fingerprint density at radius 1 is 1.04 bits per heavy atom. The molecular formula is C21H21ClN2O3. The lowest BCUT2D eigenvalue weighted by Crippen LogP contribution is -2.01. The Balaban J connectivity index is 1.83. The molecule has 3 rings (SSSR count). The standard InChI is InChI=1S/C21H21ClN2O3/c1-14(25)19-20(15-4-8-17(22)9-5-15)24-21(23-19)16-6-10-18(11-7-16)27-13-3-12-26-2/h4-11H,3,12-13H2,1-2H3,(H,23,24). The van der Waals surface area contributed by atoms with Gasteiger partial charge in [-0.15, -0.1) is 0 Å². The van der Waals surface area contributed by atoms with Crippen molar-refractivity contribution in [2.24, 2.45) is 0 Å². The monoisotopic (exact) mass is 384 g/mol. The first-order chi connectivity index (χ1) is 13.1. The lowest BCUT2D eigenvalue weighted by molar-refractivity contribution is 0.101. The van der Waals surface area contributed by atoms with Gasteiger partial charge in [0.05, 0.1) is 12.3 Å². The minimum atomic E-state index is -0.0724. The Labute approximate surface area is 163 Å². The number of hydrogen-bond donors (Lipinski definition) is 1. The first kappa shape index (κ1) is 19.1. The van der Waals surface area contributed by atoms with Gasteiger partial charge in [-0.1, -0.05) is 23.7 Å². The number of aromatic amines is 1. The second-order valence-electron chi connectivity index (χ2n) is 6.09. The average Bonchev–Trinajstić information content (AvgIpc) is 3.12. The molecule has 0 unspecified atom stereocenters. The summed E-state index contributed by atoms with van der Waals surface area (Å²) in [4.78, 5) is 19.8. The fourth-order valence-electron chi connectivity index (χ4n) is 2.68. The van der Waals surface area contributed by atoms with Gasteiger partial charge in [0, 0.05) is 43.2 Å². The molecule has 27 heavy (non-hydrogen) atoms. The zero-order valence-corrected chi connectivity index (χ0v) is 16.0. The molecule has 1 aromatic heterocycles. The van der Waals surface area contributed by atoms with Crippen molar-refractivity contribution in [3.8, 4) is 28.4 Å². The molecule has 3 aromatic rings. The molecule has 0 bridgehead atoms. The van der Waals surface area contributed by atoms with Gasteiger partial charge in [-0.3, -0.25) is 4.79 Å². The van der Waals surface area contributed by atoms with E-state index in [0.717, 1.165) is 23.3 Å². The highest BCUT2D eigenvalue weighted by Crippen LogP contribution is 2.28. The van der Waals surface area contributed by atoms with Crippen molar-refractivity contribution in [1.29, 1.82) is 0 Å². The molecule has 0 saturated carbocycles. The number of nitrogens with one attached hydrogen (secondary N) is 1. The van der Waals surface area contributed by atoms with Crippen LogP contribution < -0.4 is 4.74 Å². The Kier molecular flexibility index (Phi) is 6.27. The Hall–Kier alpha value is -2.63. The van der Waals surface area contributed by atoms with Crippen molar-refractivity contribution in [2.75, 3.05) is 20.3 Å². The highest BCUT2D eigenvalue weighted by atomic mass is 35.5. The van der Waals surface area contributed by atoms with Crippen molar-refractivity contribution < 1.29 is 14.3 Å². The minimum absolute atomic E-state index is 0.0724. The largest absolute Gasteiger partial charge is 0.494 e. The van der Waals surface area contributed by atoms with E-state index in [0.29, 0.717) is 35.4 Å². The zero-order valence-electron chi connectivity index (χ0n) is 15.3. The number of imidazole rings is 1. The Bertz CT molecular complexity index is 902. The number of ether oxygens (including phenoxy) is 2. The lowest BCUT2D eigenvalue weighted by atomic mass is 10.1. The normalized spacial score (nSPS) is 10.8. The van der Waals surface area contributed by atoms with Gasteiger partial charge in [0.25, 0.3) is 0 Å². The topological polar surface area (TPSA) is 64.2 Å². The van der Waals surface area contributed by atoms with Crippen LogP contribution in [-0.4, -0.2) is 36.1 Å². The fourth-order valence-corrected chi connectivity index (χ4v) is 2.81. The minimum Gasteiger partial charge on any atom is -0.494 e. The molecule has 0 aliphatic heterocycles. The summed E-state index contributed by atoms with van der Waals surface area (Å²) in [5, 5.41) is 0.639. The van der Waals surface area contributed by atoms with E-state index in [2.05, 4.69) is 9.97 Å². The SMILES string of the molecule is COCCCOc1ccc(-c2nc(-c3ccc(Cl)cc3)c(C(C)=O)[nH]2)cc1. The molecule has 0 spiro atoms. The Morgan fingerprint density at radius 2 is 1.70 bits per heavy atom. The van der Waals surface area contributed by atoms with Gasteiger partial charge in [-0.25, -0.2) is 4.98 Å². The third kappa shape index (κ3) is 4.76. The van der Waals surface area contributed by atoms with Crippen molar-refractivity contribution in [1.82, 2.24) is 9.97 Å². The number of ketones is 1. The van der Waals surface area contributed by atoms with Crippen LogP contribution >= 0.6 is 11.6 Å². The molecule has 1 N–H and O–H groups in total. The summed E-state index contributed by atoms with van der Waals surface area (Å²) in [5.74, 6) is 1.35. The van der Waals surface area contributed by atoms with Crippen molar-refractivity contribution in [3.63, 3.8) is 0 Å². The van der Waals surface area contributed by atoms with Crippen LogP contribution in [0.4, 0.5) is 0 Å². The van der Waals surface area contributed by atoms with E-state index in [1.165, 1.54) is 6.92 Å². The van der Waals surface area contributed by atoms with E-state index in [1.807, 2.05) is 36.4 Å². The van der Waals surface area contributed by atoms with Crippen LogP contribution in [0.5, 0.6) is 5.75 Å². The average molecular weight is 385 g/mol. The molecule has 5 nitrogen and oxygen atoms in total. The maximum atomic E-state index is 12.0. The van der Waals surface area contributed by atoms with Gasteiger partial charge >= 0.3 is 0 Å². The van der Waals surface area contributed by atoms with Gasteiger partial charge in [-0.05, 0) is 36.4 Å². The van der Waals surface area contributed by atoms with E-state index in [9.17, 15) is 4.79 Å². The molecule has 0 fully saturated rings. The summed E-state index contributed by atoms with van der Waals surface area (Å²) in [6.07, 6.45) is 0.836. The van der Waals surface area contributed by atoms with Gasteiger partial charge in [0.2, 0.25) is 0 Å². The van der Waals surface area contributed by atoms with E-state index in [-0.39, 0.29) is 5.78 Å². The van der Waals surface area contributed by atoms with Crippen LogP contribution in [0.15, 0.2) is 48.5 Å². The highest BCUT2D eigenvalue weighted by Gasteiger charge is 2.16. The molecule has 6 heteroatoms. The summed E-state index contributed by atoms with van der Waals surface area (Å²) < 4.78 is 10.7. The molecule has 1 heterocycles. The molecule has 0 aliphatic rings. The van der Waals surface area contributed by atoms with Gasteiger partial charge in [0.1, 0.15) is 17.3 Å². The molecule has 0 amide bonds. The molecule has 140 valence electrons. The first-order valence-corrected chi connectivity index (χ1v) is 9.05. The second-order valence-corrected chi connectivity index (χ2v) is 6.53. The summed E-state index contributed by atoms with van der Waals surface area (Å²) in [5.41, 5.74) is 2.81. The predicted molar refractivity (Wildman–Crippen MR) is 106 cm³/mol. The van der Waals surface area contributed by atoms with Crippen LogP contribution in [0.2, 0.25) is 5.02 Å². The third-order valence-electron chi connectivity index (χ3n) is 4.06. The zero-order chi connectivity index (χ0) is 19.2. The van der Waals surface area contributed by atoms with Gasteiger partial charge in [-0.2, -0.15) is 0 Å². The quantitative estimate of drug-likeness (QED) is 0.437. The molecule has 0 radical (unpaired) electrons. The number of Topliss-reactive ketones (excluding diaryl/α,β-unsaturated/α-hetero) is 1. The summed E-state index contributed by atoms with van der Waals surface area (Å²) in [7, 11) is 1.67. The van der Waals surface area contributed by atoms with Crippen LogP contribution in [0.1, 0.15) is 23.8 Å². The van der Waals surface area contributed by atoms with E-state index in [1.54, 1.807) is 19.2 Å². The maximum Gasteiger partial charge on any atom is 0.178 e. The number of carbonyl (C=O) groups is 1. The molecule has 0 saturated heterocycles. The predicted octanol–water partition coefficient (Wildman–Crippen LogP) is 5.02. The van der Waals surface area contributed by atoms with Crippen LogP contribution in [0.25, 0.3) is 22.6 Å². The first-order valence-electron chi connectivity index (χ1n) is 8.67. The fraction of sp³-hybridized carbons (Fsp3) is 0.238. The summed E-state index contributed by atoms with van der Waals surface area (Å²) in [6.45, 7) is 2.79. The Morgan fingerprint density at radius 3 is 2.33 bits per heavy atom. The molecule has 0 atom stereocenters. The molecular weight excluding hydrogens is 364 g/mol. The third-order valence-corrected chi connectivity index (χ3v) is 4.31.